The van der Waals surface area contributed by atoms with Gasteiger partial charge in [0.05, 0.1) is 23.9 Å². The van der Waals surface area contributed by atoms with Crippen LogP contribution in [-0.2, 0) is 9.47 Å². The van der Waals surface area contributed by atoms with Gasteiger partial charge in [-0.05, 0) is 80.1 Å². The topological polar surface area (TPSA) is 21.7 Å². The van der Waals surface area contributed by atoms with Crippen molar-refractivity contribution >= 4 is 0 Å². The van der Waals surface area contributed by atoms with Crippen molar-refractivity contribution in [2.45, 2.75) is 110 Å². The summed E-state index contributed by atoms with van der Waals surface area (Å²) in [6.07, 6.45) is 8.33. The standard InChI is InChI=1S/C19H37NO2/c1-18(2,3)20-12-10-15(11-13-20)21-16-8-7-9-17(14-16)22-19(4,5)6/h15-17H,7-14H2,1-6H3. The second kappa shape index (κ2) is 7.19. The zero-order valence-corrected chi connectivity index (χ0v) is 15.7. The van der Waals surface area contributed by atoms with Crippen molar-refractivity contribution in [2.75, 3.05) is 13.1 Å². The van der Waals surface area contributed by atoms with Gasteiger partial charge in [-0.25, -0.2) is 0 Å². The zero-order chi connectivity index (χ0) is 16.4. The minimum Gasteiger partial charge on any atom is -0.375 e. The van der Waals surface area contributed by atoms with Crippen LogP contribution in [0.5, 0.6) is 0 Å². The van der Waals surface area contributed by atoms with E-state index in [1.54, 1.807) is 0 Å². The van der Waals surface area contributed by atoms with Crippen LogP contribution in [0.4, 0.5) is 0 Å². The van der Waals surface area contributed by atoms with Crippen molar-refractivity contribution in [3.63, 3.8) is 0 Å². The van der Waals surface area contributed by atoms with Crippen LogP contribution in [0, 0.1) is 0 Å². The van der Waals surface area contributed by atoms with Crippen molar-refractivity contribution in [2.24, 2.45) is 0 Å². The molecule has 2 fully saturated rings. The van der Waals surface area contributed by atoms with E-state index in [0.717, 1.165) is 6.42 Å². The molecule has 1 heterocycles. The van der Waals surface area contributed by atoms with E-state index in [1.807, 2.05) is 0 Å². The highest BCUT2D eigenvalue weighted by molar-refractivity contribution is 4.84. The van der Waals surface area contributed by atoms with Gasteiger partial charge in [0.2, 0.25) is 0 Å². The van der Waals surface area contributed by atoms with Crippen molar-refractivity contribution in [1.82, 2.24) is 4.90 Å². The first-order chi connectivity index (χ1) is 10.1. The second-order valence-corrected chi connectivity index (χ2v) is 9.13. The summed E-state index contributed by atoms with van der Waals surface area (Å²) < 4.78 is 12.6. The van der Waals surface area contributed by atoms with E-state index >= 15 is 0 Å². The molecule has 0 bridgehead atoms. The molecule has 2 rings (SSSR count). The molecule has 2 aliphatic rings. The van der Waals surface area contributed by atoms with Gasteiger partial charge in [-0.3, -0.25) is 4.90 Å². The third kappa shape index (κ3) is 5.82. The molecule has 0 aromatic heterocycles. The number of likely N-dealkylation sites (tertiary alicyclic amines) is 1. The van der Waals surface area contributed by atoms with Crippen molar-refractivity contribution < 1.29 is 9.47 Å². The van der Waals surface area contributed by atoms with Crippen LogP contribution in [0.1, 0.15) is 80.1 Å². The van der Waals surface area contributed by atoms with Crippen LogP contribution in [0.15, 0.2) is 0 Å². The smallest absolute Gasteiger partial charge is 0.0607 e. The molecule has 3 heteroatoms. The quantitative estimate of drug-likeness (QED) is 0.771. The van der Waals surface area contributed by atoms with E-state index in [9.17, 15) is 0 Å². The summed E-state index contributed by atoms with van der Waals surface area (Å²) in [6, 6.07) is 0. The first-order valence-electron chi connectivity index (χ1n) is 9.22. The van der Waals surface area contributed by atoms with Gasteiger partial charge in [-0.2, -0.15) is 0 Å². The molecule has 0 radical (unpaired) electrons. The number of hydrogen-bond donors (Lipinski definition) is 0. The van der Waals surface area contributed by atoms with E-state index in [0.29, 0.717) is 23.9 Å². The Morgan fingerprint density at radius 2 is 1.36 bits per heavy atom. The Balaban J connectivity index is 1.75. The van der Waals surface area contributed by atoms with E-state index < -0.39 is 0 Å². The molecule has 0 aromatic carbocycles. The number of nitrogens with zero attached hydrogens (tertiary/aromatic N) is 1. The van der Waals surface area contributed by atoms with Crippen LogP contribution in [0.25, 0.3) is 0 Å². The molecule has 2 atom stereocenters. The van der Waals surface area contributed by atoms with Crippen molar-refractivity contribution in [3.05, 3.63) is 0 Å². The van der Waals surface area contributed by atoms with Crippen LogP contribution >= 0.6 is 0 Å². The lowest BCUT2D eigenvalue weighted by Gasteiger charge is -2.42. The Morgan fingerprint density at radius 3 is 1.91 bits per heavy atom. The lowest BCUT2D eigenvalue weighted by Crippen LogP contribution is -2.48. The van der Waals surface area contributed by atoms with Gasteiger partial charge in [0, 0.05) is 18.6 Å². The molecule has 0 aromatic rings. The summed E-state index contributed by atoms with van der Waals surface area (Å²) >= 11 is 0. The van der Waals surface area contributed by atoms with Gasteiger partial charge in [-0.1, -0.05) is 0 Å². The Morgan fingerprint density at radius 1 is 0.773 bits per heavy atom. The Bertz CT molecular complexity index is 334. The lowest BCUT2D eigenvalue weighted by atomic mass is 9.93. The maximum atomic E-state index is 6.43. The molecular weight excluding hydrogens is 274 g/mol. The predicted octanol–water partition coefficient (Wildman–Crippen LogP) is 4.39. The molecule has 2 unspecified atom stereocenters. The van der Waals surface area contributed by atoms with Crippen LogP contribution < -0.4 is 0 Å². The fourth-order valence-corrected chi connectivity index (χ4v) is 3.77. The highest BCUT2D eigenvalue weighted by Crippen LogP contribution is 2.30. The zero-order valence-electron chi connectivity index (χ0n) is 15.7. The van der Waals surface area contributed by atoms with Gasteiger partial charge in [0.15, 0.2) is 0 Å². The summed E-state index contributed by atoms with van der Waals surface area (Å²) in [6.45, 7) is 15.7. The number of rotatable bonds is 3. The summed E-state index contributed by atoms with van der Waals surface area (Å²) in [7, 11) is 0. The molecule has 3 nitrogen and oxygen atoms in total. The third-order valence-electron chi connectivity index (χ3n) is 4.87. The lowest BCUT2D eigenvalue weighted by molar-refractivity contribution is -0.123. The van der Waals surface area contributed by atoms with Gasteiger partial charge < -0.3 is 9.47 Å². The van der Waals surface area contributed by atoms with Crippen LogP contribution in [0.3, 0.4) is 0 Å². The monoisotopic (exact) mass is 311 g/mol. The molecule has 0 N–H and O–H groups in total. The fraction of sp³-hybridized carbons (Fsp3) is 1.00. The summed E-state index contributed by atoms with van der Waals surface area (Å²) in [4.78, 5) is 2.58. The molecular formula is C19H37NO2. The predicted molar refractivity (Wildman–Crippen MR) is 92.3 cm³/mol. The molecule has 1 saturated heterocycles. The maximum absolute atomic E-state index is 6.43. The van der Waals surface area contributed by atoms with E-state index in [-0.39, 0.29) is 5.60 Å². The van der Waals surface area contributed by atoms with Gasteiger partial charge in [-0.15, -0.1) is 0 Å². The highest BCUT2D eigenvalue weighted by Gasteiger charge is 2.31. The van der Waals surface area contributed by atoms with Crippen molar-refractivity contribution in [1.29, 1.82) is 0 Å². The van der Waals surface area contributed by atoms with Crippen molar-refractivity contribution in [3.8, 4) is 0 Å². The first kappa shape index (κ1) is 18.2. The largest absolute Gasteiger partial charge is 0.375 e. The number of ether oxygens (including phenoxy) is 2. The van der Waals surface area contributed by atoms with Gasteiger partial charge in [0.1, 0.15) is 0 Å². The minimum absolute atomic E-state index is 0.0371. The van der Waals surface area contributed by atoms with Crippen LogP contribution in [-0.4, -0.2) is 47.4 Å². The van der Waals surface area contributed by atoms with E-state index in [4.69, 9.17) is 9.47 Å². The van der Waals surface area contributed by atoms with Gasteiger partial charge >= 0.3 is 0 Å². The average Bonchev–Trinajstić information content (AvgIpc) is 2.36. The number of piperidine rings is 1. The summed E-state index contributed by atoms with van der Waals surface area (Å²) in [5.74, 6) is 0. The number of hydrogen-bond acceptors (Lipinski definition) is 3. The second-order valence-electron chi connectivity index (χ2n) is 9.13. The van der Waals surface area contributed by atoms with E-state index in [1.165, 1.54) is 45.2 Å². The Labute approximate surface area is 137 Å². The SMILES string of the molecule is CC(C)(C)OC1CCCC(OC2CCN(C(C)(C)C)CC2)C1. The molecule has 1 aliphatic carbocycles. The third-order valence-corrected chi connectivity index (χ3v) is 4.87. The highest BCUT2D eigenvalue weighted by atomic mass is 16.5. The minimum atomic E-state index is -0.0371. The van der Waals surface area contributed by atoms with Gasteiger partial charge in [0.25, 0.3) is 0 Å². The molecule has 1 saturated carbocycles. The van der Waals surface area contributed by atoms with E-state index in [2.05, 4.69) is 46.4 Å². The molecule has 0 spiro atoms. The fourth-order valence-electron chi connectivity index (χ4n) is 3.77. The van der Waals surface area contributed by atoms with Crippen LogP contribution in [0.2, 0.25) is 0 Å². The first-order valence-corrected chi connectivity index (χ1v) is 9.22. The normalized spacial score (nSPS) is 29.7. The Kier molecular flexibility index (Phi) is 5.95. The summed E-state index contributed by atoms with van der Waals surface area (Å²) in [5, 5.41) is 0. The Hall–Kier alpha value is -0.120. The molecule has 22 heavy (non-hydrogen) atoms. The average molecular weight is 312 g/mol. The summed E-state index contributed by atoms with van der Waals surface area (Å²) in [5.41, 5.74) is 0.256. The molecule has 0 amide bonds. The maximum Gasteiger partial charge on any atom is 0.0607 e. The molecule has 1 aliphatic heterocycles. The molecule has 130 valence electrons.